The van der Waals surface area contributed by atoms with Gasteiger partial charge in [0.2, 0.25) is 5.95 Å². The summed E-state index contributed by atoms with van der Waals surface area (Å²) in [5.41, 5.74) is 1.41. The maximum absolute atomic E-state index is 4.41. The lowest BCUT2D eigenvalue weighted by molar-refractivity contribution is 0.353. The Kier molecular flexibility index (Phi) is 4.57. The van der Waals surface area contributed by atoms with Crippen molar-refractivity contribution in [3.63, 3.8) is 0 Å². The van der Waals surface area contributed by atoms with Gasteiger partial charge < -0.3 is 14.8 Å². The van der Waals surface area contributed by atoms with E-state index in [1.807, 2.05) is 25.2 Å². The molecule has 1 heterocycles. The first-order chi connectivity index (χ1) is 7.87. The summed E-state index contributed by atoms with van der Waals surface area (Å²) < 4.78 is 2.13. The topological polar surface area (TPSA) is 33.1 Å². The summed E-state index contributed by atoms with van der Waals surface area (Å²) in [7, 11) is 6.09. The second kappa shape index (κ2) is 5.54. The molecule has 1 aromatic heterocycles. The van der Waals surface area contributed by atoms with Crippen LogP contribution in [0.2, 0.25) is 0 Å². The van der Waals surface area contributed by atoms with Gasteiger partial charge in [-0.25, -0.2) is 4.98 Å². The zero-order valence-corrected chi connectivity index (χ0v) is 12.0. The Morgan fingerprint density at radius 2 is 2.06 bits per heavy atom. The Balaban J connectivity index is 2.64. The van der Waals surface area contributed by atoms with E-state index in [9.17, 15) is 0 Å². The molecule has 4 heteroatoms. The lowest BCUT2D eigenvalue weighted by Crippen LogP contribution is -2.38. The Morgan fingerprint density at radius 1 is 1.41 bits per heavy atom. The molecule has 0 saturated heterocycles. The third-order valence-electron chi connectivity index (χ3n) is 3.08. The predicted octanol–water partition coefficient (Wildman–Crippen LogP) is 2.15. The SMILES string of the molecule is CCCC(C)(C)NCc1cnc(N(C)C)n1C. The Hall–Kier alpha value is -1.03. The second-order valence-corrected chi connectivity index (χ2v) is 5.49. The largest absolute Gasteiger partial charge is 0.348 e. The van der Waals surface area contributed by atoms with Gasteiger partial charge in [0.25, 0.3) is 0 Å². The van der Waals surface area contributed by atoms with E-state index in [-0.39, 0.29) is 5.54 Å². The fourth-order valence-corrected chi connectivity index (χ4v) is 2.06. The van der Waals surface area contributed by atoms with E-state index in [1.165, 1.54) is 18.5 Å². The smallest absolute Gasteiger partial charge is 0.204 e. The predicted molar refractivity (Wildman–Crippen MR) is 73.4 cm³/mol. The number of hydrogen-bond donors (Lipinski definition) is 1. The summed E-state index contributed by atoms with van der Waals surface area (Å²) in [5.74, 6) is 0.995. The molecule has 0 aliphatic rings. The molecule has 0 aliphatic carbocycles. The molecule has 0 bridgehead atoms. The summed E-state index contributed by atoms with van der Waals surface area (Å²) in [4.78, 5) is 6.44. The fourth-order valence-electron chi connectivity index (χ4n) is 2.06. The van der Waals surface area contributed by atoms with E-state index in [0.29, 0.717) is 0 Å². The maximum atomic E-state index is 4.41. The normalized spacial score (nSPS) is 11.9. The third-order valence-corrected chi connectivity index (χ3v) is 3.08. The Bertz CT molecular complexity index is 352. The number of hydrogen-bond acceptors (Lipinski definition) is 3. The van der Waals surface area contributed by atoms with Crippen molar-refractivity contribution in [2.45, 2.75) is 45.7 Å². The van der Waals surface area contributed by atoms with Gasteiger partial charge in [-0.05, 0) is 20.3 Å². The van der Waals surface area contributed by atoms with Crippen molar-refractivity contribution in [2.24, 2.45) is 7.05 Å². The highest BCUT2D eigenvalue weighted by Crippen LogP contribution is 2.14. The summed E-state index contributed by atoms with van der Waals surface area (Å²) >= 11 is 0. The number of imidazole rings is 1. The highest BCUT2D eigenvalue weighted by atomic mass is 15.3. The molecule has 98 valence electrons. The molecule has 0 aromatic carbocycles. The van der Waals surface area contributed by atoms with Crippen molar-refractivity contribution >= 4 is 5.95 Å². The van der Waals surface area contributed by atoms with E-state index in [1.54, 1.807) is 0 Å². The molecule has 1 aromatic rings. The van der Waals surface area contributed by atoms with Crippen LogP contribution in [0.25, 0.3) is 0 Å². The van der Waals surface area contributed by atoms with Gasteiger partial charge in [0, 0.05) is 33.2 Å². The van der Waals surface area contributed by atoms with E-state index < -0.39 is 0 Å². The van der Waals surface area contributed by atoms with Crippen LogP contribution in [-0.2, 0) is 13.6 Å². The highest BCUT2D eigenvalue weighted by molar-refractivity contribution is 5.30. The number of anilines is 1. The molecule has 0 aliphatic heterocycles. The van der Waals surface area contributed by atoms with Crippen LogP contribution in [-0.4, -0.2) is 29.2 Å². The first-order valence-corrected chi connectivity index (χ1v) is 6.30. The number of rotatable bonds is 6. The van der Waals surface area contributed by atoms with Gasteiger partial charge in [-0.15, -0.1) is 0 Å². The summed E-state index contributed by atoms with van der Waals surface area (Å²) in [6.45, 7) is 7.58. The molecule has 0 radical (unpaired) electrons. The zero-order valence-electron chi connectivity index (χ0n) is 12.0. The molecular weight excluding hydrogens is 212 g/mol. The fraction of sp³-hybridized carbons (Fsp3) is 0.769. The van der Waals surface area contributed by atoms with Crippen LogP contribution in [0, 0.1) is 0 Å². The van der Waals surface area contributed by atoms with Crippen molar-refractivity contribution in [3.05, 3.63) is 11.9 Å². The van der Waals surface area contributed by atoms with Crippen LogP contribution in [0.3, 0.4) is 0 Å². The van der Waals surface area contributed by atoms with Gasteiger partial charge in [0.1, 0.15) is 0 Å². The minimum Gasteiger partial charge on any atom is -0.348 e. The quantitative estimate of drug-likeness (QED) is 0.824. The molecule has 1 rings (SSSR count). The van der Waals surface area contributed by atoms with Crippen molar-refractivity contribution in [1.29, 1.82) is 0 Å². The van der Waals surface area contributed by atoms with Crippen LogP contribution in [0.5, 0.6) is 0 Å². The van der Waals surface area contributed by atoms with Gasteiger partial charge in [0.15, 0.2) is 0 Å². The average molecular weight is 238 g/mol. The summed E-state index contributed by atoms with van der Waals surface area (Å²) in [5, 5.41) is 3.59. The van der Waals surface area contributed by atoms with E-state index in [4.69, 9.17) is 0 Å². The monoisotopic (exact) mass is 238 g/mol. The van der Waals surface area contributed by atoms with E-state index in [0.717, 1.165) is 12.5 Å². The highest BCUT2D eigenvalue weighted by Gasteiger charge is 2.16. The summed E-state index contributed by atoms with van der Waals surface area (Å²) in [6, 6.07) is 0. The Labute approximate surface area is 105 Å². The molecule has 4 nitrogen and oxygen atoms in total. The summed E-state index contributed by atoms with van der Waals surface area (Å²) in [6.07, 6.45) is 4.34. The van der Waals surface area contributed by atoms with Gasteiger partial charge in [0.05, 0.1) is 11.9 Å². The first-order valence-electron chi connectivity index (χ1n) is 6.30. The molecule has 0 atom stereocenters. The van der Waals surface area contributed by atoms with Crippen molar-refractivity contribution in [1.82, 2.24) is 14.9 Å². The van der Waals surface area contributed by atoms with Crippen LogP contribution in [0.4, 0.5) is 5.95 Å². The standard InChI is InChI=1S/C13H26N4/c1-7-8-13(2,3)15-10-11-9-14-12(16(4)5)17(11)6/h9,15H,7-8,10H2,1-6H3. The van der Waals surface area contributed by atoms with E-state index >= 15 is 0 Å². The molecule has 0 amide bonds. The van der Waals surface area contributed by atoms with Crippen molar-refractivity contribution in [3.8, 4) is 0 Å². The number of nitrogens with one attached hydrogen (secondary N) is 1. The lowest BCUT2D eigenvalue weighted by Gasteiger charge is -2.26. The molecule has 0 unspecified atom stereocenters. The second-order valence-electron chi connectivity index (χ2n) is 5.49. The number of nitrogens with zero attached hydrogens (tertiary/aromatic N) is 3. The molecule has 0 saturated carbocycles. The molecule has 0 spiro atoms. The van der Waals surface area contributed by atoms with Crippen LogP contribution in [0.15, 0.2) is 6.20 Å². The van der Waals surface area contributed by atoms with Crippen LogP contribution in [0.1, 0.15) is 39.3 Å². The van der Waals surface area contributed by atoms with Gasteiger partial charge in [-0.3, -0.25) is 0 Å². The first kappa shape index (κ1) is 14.0. The minimum atomic E-state index is 0.192. The van der Waals surface area contributed by atoms with Gasteiger partial charge in [-0.1, -0.05) is 13.3 Å². The Morgan fingerprint density at radius 3 is 2.53 bits per heavy atom. The van der Waals surface area contributed by atoms with E-state index in [2.05, 4.69) is 42.7 Å². The molecule has 0 fully saturated rings. The molecule has 17 heavy (non-hydrogen) atoms. The average Bonchev–Trinajstić information content (AvgIpc) is 2.57. The van der Waals surface area contributed by atoms with Crippen molar-refractivity contribution < 1.29 is 0 Å². The lowest BCUT2D eigenvalue weighted by atomic mass is 9.99. The zero-order chi connectivity index (χ0) is 13.1. The van der Waals surface area contributed by atoms with Crippen molar-refractivity contribution in [2.75, 3.05) is 19.0 Å². The maximum Gasteiger partial charge on any atom is 0.204 e. The van der Waals surface area contributed by atoms with Gasteiger partial charge >= 0.3 is 0 Å². The minimum absolute atomic E-state index is 0.192. The van der Waals surface area contributed by atoms with Gasteiger partial charge in [-0.2, -0.15) is 0 Å². The molecular formula is C13H26N4. The number of aromatic nitrogens is 2. The molecule has 1 N–H and O–H groups in total. The van der Waals surface area contributed by atoms with Crippen LogP contribution >= 0.6 is 0 Å². The van der Waals surface area contributed by atoms with Crippen LogP contribution < -0.4 is 10.2 Å². The third kappa shape index (κ3) is 3.73.